The first kappa shape index (κ1) is 9.97. The lowest BCUT2D eigenvalue weighted by atomic mass is 10.1. The lowest BCUT2D eigenvalue weighted by Gasteiger charge is -2.06. The first-order valence-corrected chi connectivity index (χ1v) is 4.27. The maximum atomic E-state index is 12.7. The number of alkyl halides is 3. The van der Waals surface area contributed by atoms with Crippen LogP contribution >= 0.6 is 0 Å². The van der Waals surface area contributed by atoms with Gasteiger partial charge >= 0.3 is 6.18 Å². The van der Waals surface area contributed by atoms with Gasteiger partial charge in [-0.1, -0.05) is 0 Å². The molecule has 0 unspecified atom stereocenters. The third-order valence-corrected chi connectivity index (χ3v) is 2.14. The van der Waals surface area contributed by atoms with E-state index in [4.69, 9.17) is 5.73 Å². The van der Waals surface area contributed by atoms with E-state index in [1.807, 2.05) is 0 Å². The Bertz CT molecular complexity index is 487. The highest BCUT2D eigenvalue weighted by molar-refractivity contribution is 5.81. The van der Waals surface area contributed by atoms with Gasteiger partial charge in [0.05, 0.1) is 5.56 Å². The summed E-state index contributed by atoms with van der Waals surface area (Å²) in [5.74, 6) is 0. The summed E-state index contributed by atoms with van der Waals surface area (Å²) >= 11 is 0. The molecular formula is C9H8F3N3. The maximum Gasteiger partial charge on any atom is 0.418 e. The van der Waals surface area contributed by atoms with E-state index in [0.717, 1.165) is 0 Å². The summed E-state index contributed by atoms with van der Waals surface area (Å²) in [5.41, 5.74) is 4.72. The molecule has 80 valence electrons. The fourth-order valence-corrected chi connectivity index (χ4v) is 1.55. The average molecular weight is 215 g/mol. The molecule has 0 atom stereocenters. The fourth-order valence-electron chi connectivity index (χ4n) is 1.55. The summed E-state index contributed by atoms with van der Waals surface area (Å²) in [6, 6.07) is 2.84. The van der Waals surface area contributed by atoms with Crippen molar-refractivity contribution in [2.45, 2.75) is 12.7 Å². The summed E-state index contributed by atoms with van der Waals surface area (Å²) in [6.45, 7) is -0.189. The Morgan fingerprint density at radius 3 is 2.73 bits per heavy atom. The van der Waals surface area contributed by atoms with Gasteiger partial charge in [-0.25, -0.2) is 4.98 Å². The molecule has 0 aliphatic heterocycles. The number of H-pyrrole nitrogens is 1. The molecule has 2 aromatic heterocycles. The number of aromatic amines is 1. The summed E-state index contributed by atoms with van der Waals surface area (Å²) in [4.78, 5) is 6.38. The average Bonchev–Trinajstić information content (AvgIpc) is 2.54. The maximum absolute atomic E-state index is 12.7. The minimum absolute atomic E-state index is 0.0313. The number of rotatable bonds is 1. The van der Waals surface area contributed by atoms with Crippen molar-refractivity contribution in [2.75, 3.05) is 0 Å². The van der Waals surface area contributed by atoms with Crippen LogP contribution in [0.5, 0.6) is 0 Å². The Hall–Kier alpha value is -1.56. The van der Waals surface area contributed by atoms with Crippen LogP contribution in [0.4, 0.5) is 13.2 Å². The summed E-state index contributed by atoms with van der Waals surface area (Å²) in [5, 5.41) is 0.0606. The number of fused-ring (bicyclic) bond motifs is 1. The van der Waals surface area contributed by atoms with Gasteiger partial charge in [-0.3, -0.25) is 0 Å². The van der Waals surface area contributed by atoms with Gasteiger partial charge in [-0.05, 0) is 12.1 Å². The largest absolute Gasteiger partial charge is 0.418 e. The molecule has 0 amide bonds. The number of nitrogens with one attached hydrogen (secondary N) is 1. The Kier molecular flexibility index (Phi) is 2.15. The second-order valence-corrected chi connectivity index (χ2v) is 3.08. The normalized spacial score (nSPS) is 12.3. The molecule has 0 aromatic carbocycles. The molecule has 0 saturated carbocycles. The van der Waals surface area contributed by atoms with Crippen LogP contribution in [0, 0.1) is 0 Å². The van der Waals surface area contributed by atoms with Gasteiger partial charge in [0.15, 0.2) is 0 Å². The third-order valence-electron chi connectivity index (χ3n) is 2.14. The molecule has 0 aliphatic rings. The predicted octanol–water partition coefficient (Wildman–Crippen LogP) is 2.04. The van der Waals surface area contributed by atoms with Gasteiger partial charge in [0.25, 0.3) is 0 Å². The van der Waals surface area contributed by atoms with Crippen molar-refractivity contribution < 1.29 is 13.2 Å². The van der Waals surface area contributed by atoms with E-state index in [1.165, 1.54) is 18.3 Å². The fraction of sp³-hybridized carbons (Fsp3) is 0.222. The summed E-state index contributed by atoms with van der Waals surface area (Å²) < 4.78 is 38.1. The number of halogens is 3. The Balaban J connectivity index is 2.79. The molecular weight excluding hydrogens is 207 g/mol. The molecule has 0 saturated heterocycles. The molecule has 15 heavy (non-hydrogen) atoms. The van der Waals surface area contributed by atoms with Gasteiger partial charge in [0, 0.05) is 23.8 Å². The lowest BCUT2D eigenvalue weighted by molar-refractivity contribution is -0.136. The van der Waals surface area contributed by atoms with Gasteiger partial charge in [-0.15, -0.1) is 0 Å². The molecule has 3 N–H and O–H groups in total. The third kappa shape index (κ3) is 1.56. The van der Waals surface area contributed by atoms with Crippen molar-refractivity contribution in [3.63, 3.8) is 0 Å². The van der Waals surface area contributed by atoms with E-state index >= 15 is 0 Å². The number of nitrogens with zero attached hydrogens (tertiary/aromatic N) is 1. The van der Waals surface area contributed by atoms with Crippen LogP contribution in [0.3, 0.4) is 0 Å². The second-order valence-electron chi connectivity index (χ2n) is 3.08. The topological polar surface area (TPSA) is 54.7 Å². The van der Waals surface area contributed by atoms with Crippen molar-refractivity contribution in [1.29, 1.82) is 0 Å². The zero-order chi connectivity index (χ0) is 11.1. The second kappa shape index (κ2) is 3.23. The van der Waals surface area contributed by atoms with E-state index in [9.17, 15) is 13.2 Å². The molecule has 2 heterocycles. The molecule has 0 fully saturated rings. The zero-order valence-corrected chi connectivity index (χ0v) is 7.60. The van der Waals surface area contributed by atoms with Crippen molar-refractivity contribution >= 4 is 11.0 Å². The molecule has 0 spiro atoms. The number of hydrogen-bond donors (Lipinski definition) is 2. The van der Waals surface area contributed by atoms with Crippen LogP contribution in [-0.4, -0.2) is 9.97 Å². The van der Waals surface area contributed by atoms with Gasteiger partial charge in [-0.2, -0.15) is 13.2 Å². The highest BCUT2D eigenvalue weighted by atomic mass is 19.4. The van der Waals surface area contributed by atoms with Gasteiger partial charge in [0.1, 0.15) is 5.65 Å². The van der Waals surface area contributed by atoms with E-state index in [0.29, 0.717) is 0 Å². The minimum Gasteiger partial charge on any atom is -0.342 e. The molecule has 0 aliphatic carbocycles. The molecule has 0 bridgehead atoms. The molecule has 2 aromatic rings. The molecule has 6 heteroatoms. The molecule has 3 nitrogen and oxygen atoms in total. The van der Waals surface area contributed by atoms with Crippen LogP contribution in [0.15, 0.2) is 18.3 Å². The Labute approximate surface area is 83.1 Å². The number of aromatic nitrogens is 2. The Morgan fingerprint density at radius 2 is 2.13 bits per heavy atom. The zero-order valence-electron chi connectivity index (χ0n) is 7.60. The van der Waals surface area contributed by atoms with E-state index < -0.39 is 11.7 Å². The summed E-state index contributed by atoms with van der Waals surface area (Å²) in [7, 11) is 0. The van der Waals surface area contributed by atoms with Crippen LogP contribution in [0.1, 0.15) is 11.3 Å². The number of hydrogen-bond acceptors (Lipinski definition) is 2. The highest BCUT2D eigenvalue weighted by Gasteiger charge is 2.36. The smallest absolute Gasteiger partial charge is 0.342 e. The van der Waals surface area contributed by atoms with Gasteiger partial charge in [0.2, 0.25) is 0 Å². The predicted molar refractivity (Wildman–Crippen MR) is 49.0 cm³/mol. The summed E-state index contributed by atoms with van der Waals surface area (Å²) in [6.07, 6.45) is -2.98. The molecule has 2 rings (SSSR count). The van der Waals surface area contributed by atoms with Crippen molar-refractivity contribution in [3.8, 4) is 0 Å². The lowest BCUT2D eigenvalue weighted by Crippen LogP contribution is -2.10. The SMILES string of the molecule is NCc1[nH]c2ncccc2c1C(F)(F)F. The van der Waals surface area contributed by atoms with Crippen molar-refractivity contribution in [3.05, 3.63) is 29.6 Å². The van der Waals surface area contributed by atoms with E-state index in [1.54, 1.807) is 0 Å². The van der Waals surface area contributed by atoms with E-state index in [2.05, 4.69) is 9.97 Å². The number of nitrogens with two attached hydrogens (primary N) is 1. The first-order valence-electron chi connectivity index (χ1n) is 4.27. The van der Waals surface area contributed by atoms with E-state index in [-0.39, 0.29) is 23.3 Å². The Morgan fingerprint density at radius 1 is 1.40 bits per heavy atom. The van der Waals surface area contributed by atoms with Gasteiger partial charge < -0.3 is 10.7 Å². The van der Waals surface area contributed by atoms with Crippen molar-refractivity contribution in [2.24, 2.45) is 5.73 Å². The van der Waals surface area contributed by atoms with Crippen LogP contribution in [0.25, 0.3) is 11.0 Å². The highest BCUT2D eigenvalue weighted by Crippen LogP contribution is 2.36. The van der Waals surface area contributed by atoms with Crippen LogP contribution in [-0.2, 0) is 12.7 Å². The first-order chi connectivity index (χ1) is 7.04. The van der Waals surface area contributed by atoms with Crippen molar-refractivity contribution in [1.82, 2.24) is 9.97 Å². The minimum atomic E-state index is -4.41. The molecule has 0 radical (unpaired) electrons. The van der Waals surface area contributed by atoms with Crippen LogP contribution < -0.4 is 5.73 Å². The van der Waals surface area contributed by atoms with Crippen LogP contribution in [0.2, 0.25) is 0 Å². The standard InChI is InChI=1S/C9H8F3N3/c10-9(11,12)7-5-2-1-3-14-8(5)15-6(7)4-13/h1-3H,4,13H2,(H,14,15). The quantitative estimate of drug-likeness (QED) is 0.764. The monoisotopic (exact) mass is 215 g/mol. The number of pyridine rings is 1.